The molecule has 1 unspecified atom stereocenters. The van der Waals surface area contributed by atoms with Gasteiger partial charge in [0.2, 0.25) is 11.8 Å². The summed E-state index contributed by atoms with van der Waals surface area (Å²) in [5.41, 5.74) is 5.08. The first kappa shape index (κ1) is 14.9. The lowest BCUT2D eigenvalue weighted by Gasteiger charge is -2.25. The predicted molar refractivity (Wildman–Crippen MR) is 92.8 cm³/mol. The van der Waals surface area contributed by atoms with E-state index >= 15 is 0 Å². The molecule has 2 aliphatic heterocycles. The van der Waals surface area contributed by atoms with Gasteiger partial charge >= 0.3 is 0 Å². The second-order valence-corrected chi connectivity index (χ2v) is 6.32. The predicted octanol–water partition coefficient (Wildman–Crippen LogP) is 2.22. The van der Waals surface area contributed by atoms with Gasteiger partial charge in [-0.15, -0.1) is 0 Å². The summed E-state index contributed by atoms with van der Waals surface area (Å²) in [6, 6.07) is 13.6. The molecular formula is C19H19N3O2. The van der Waals surface area contributed by atoms with Crippen molar-refractivity contribution in [3.05, 3.63) is 59.2 Å². The molecule has 1 atom stereocenters. The van der Waals surface area contributed by atoms with Crippen LogP contribution in [0, 0.1) is 0 Å². The van der Waals surface area contributed by atoms with Gasteiger partial charge in [0, 0.05) is 24.3 Å². The van der Waals surface area contributed by atoms with Crippen molar-refractivity contribution in [1.82, 2.24) is 5.32 Å². The van der Waals surface area contributed by atoms with Gasteiger partial charge in [-0.05, 0) is 41.7 Å². The summed E-state index contributed by atoms with van der Waals surface area (Å²) >= 11 is 0. The van der Waals surface area contributed by atoms with Gasteiger partial charge in [-0.2, -0.15) is 0 Å². The number of anilines is 2. The second-order valence-electron chi connectivity index (χ2n) is 6.32. The van der Waals surface area contributed by atoms with Gasteiger partial charge in [0.25, 0.3) is 0 Å². The number of amides is 2. The van der Waals surface area contributed by atoms with E-state index in [2.05, 4.69) is 28.1 Å². The Morgan fingerprint density at radius 1 is 1.04 bits per heavy atom. The average molecular weight is 321 g/mol. The largest absolute Gasteiger partial charge is 0.326 e. The number of rotatable bonds is 2. The molecule has 3 N–H and O–H groups in total. The van der Waals surface area contributed by atoms with Crippen molar-refractivity contribution in [2.45, 2.75) is 31.8 Å². The molecule has 0 radical (unpaired) electrons. The Hall–Kier alpha value is -2.66. The molecule has 0 saturated heterocycles. The van der Waals surface area contributed by atoms with Crippen LogP contribution in [0.4, 0.5) is 11.4 Å². The maximum atomic E-state index is 12.5. The Labute approximate surface area is 140 Å². The van der Waals surface area contributed by atoms with Gasteiger partial charge in [-0.1, -0.05) is 30.3 Å². The van der Waals surface area contributed by atoms with Gasteiger partial charge < -0.3 is 16.0 Å². The molecule has 2 aliphatic rings. The minimum absolute atomic E-state index is 0.0246. The van der Waals surface area contributed by atoms with E-state index in [1.165, 1.54) is 11.1 Å². The van der Waals surface area contributed by atoms with E-state index < -0.39 is 0 Å². The Morgan fingerprint density at radius 2 is 1.88 bits per heavy atom. The van der Waals surface area contributed by atoms with Crippen molar-refractivity contribution >= 4 is 23.2 Å². The van der Waals surface area contributed by atoms with Crippen LogP contribution in [-0.2, 0) is 29.0 Å². The first-order valence-corrected chi connectivity index (χ1v) is 8.23. The van der Waals surface area contributed by atoms with Crippen LogP contribution in [-0.4, -0.2) is 17.9 Å². The zero-order chi connectivity index (χ0) is 16.5. The molecule has 122 valence electrons. The summed E-state index contributed by atoms with van der Waals surface area (Å²) < 4.78 is 0. The molecule has 0 aromatic heterocycles. The number of hydrogen-bond donors (Lipinski definition) is 3. The fourth-order valence-corrected chi connectivity index (χ4v) is 3.32. The third-order valence-corrected chi connectivity index (χ3v) is 4.67. The zero-order valence-electron chi connectivity index (χ0n) is 13.3. The molecule has 0 fully saturated rings. The Balaban J connectivity index is 1.47. The topological polar surface area (TPSA) is 70.2 Å². The van der Waals surface area contributed by atoms with Crippen molar-refractivity contribution in [3.8, 4) is 0 Å². The Bertz CT molecular complexity index is 816. The number of fused-ring (bicyclic) bond motifs is 2. The number of carbonyl (C=O) groups is 2. The second kappa shape index (κ2) is 6.09. The molecule has 2 aromatic carbocycles. The van der Waals surface area contributed by atoms with Crippen molar-refractivity contribution < 1.29 is 9.59 Å². The van der Waals surface area contributed by atoms with Crippen LogP contribution in [0.5, 0.6) is 0 Å². The van der Waals surface area contributed by atoms with Gasteiger partial charge in [0.15, 0.2) is 0 Å². The van der Waals surface area contributed by atoms with E-state index in [1.807, 2.05) is 30.3 Å². The fourth-order valence-electron chi connectivity index (χ4n) is 3.32. The molecule has 0 saturated carbocycles. The highest BCUT2D eigenvalue weighted by Crippen LogP contribution is 2.26. The molecule has 0 aliphatic carbocycles. The quantitative estimate of drug-likeness (QED) is 0.794. The molecule has 24 heavy (non-hydrogen) atoms. The lowest BCUT2D eigenvalue weighted by molar-refractivity contribution is -0.118. The summed E-state index contributed by atoms with van der Waals surface area (Å²) in [6.45, 7) is 0.703. The lowest BCUT2D eigenvalue weighted by Crippen LogP contribution is -2.44. The van der Waals surface area contributed by atoms with E-state index in [0.29, 0.717) is 25.1 Å². The van der Waals surface area contributed by atoms with Crippen molar-refractivity contribution in [3.63, 3.8) is 0 Å². The van der Waals surface area contributed by atoms with Crippen LogP contribution in [0.3, 0.4) is 0 Å². The molecule has 0 bridgehead atoms. The maximum Gasteiger partial charge on any atom is 0.241 e. The third-order valence-electron chi connectivity index (χ3n) is 4.67. The fraction of sp³-hybridized carbons (Fsp3) is 0.263. The number of benzene rings is 2. The minimum Gasteiger partial charge on any atom is -0.326 e. The van der Waals surface area contributed by atoms with Crippen LogP contribution in [0.1, 0.15) is 23.1 Å². The van der Waals surface area contributed by atoms with Gasteiger partial charge in [-0.25, -0.2) is 0 Å². The number of hydrogen-bond acceptors (Lipinski definition) is 3. The molecule has 2 aromatic rings. The molecule has 5 heteroatoms. The SMILES string of the molecule is O=C1CCc2ccc(NC(=O)C3Cc4ccccc4CN3)cc2N1. The standard InChI is InChI=1S/C19H19N3O2/c23-18-8-6-12-5-7-15(10-16(12)22-18)21-19(24)17-9-13-3-1-2-4-14(13)11-20-17/h1-5,7,10,17,20H,6,8-9,11H2,(H,21,24)(H,22,23). The van der Waals surface area contributed by atoms with Crippen molar-refractivity contribution in [1.29, 1.82) is 0 Å². The summed E-state index contributed by atoms with van der Waals surface area (Å²) in [7, 11) is 0. The normalized spacial score (nSPS) is 19.0. The average Bonchev–Trinajstić information content (AvgIpc) is 2.61. The summed E-state index contributed by atoms with van der Waals surface area (Å²) in [6.07, 6.45) is 1.95. The third kappa shape index (κ3) is 2.90. The maximum absolute atomic E-state index is 12.5. The van der Waals surface area contributed by atoms with E-state index in [0.717, 1.165) is 17.7 Å². The van der Waals surface area contributed by atoms with Crippen LogP contribution in [0.25, 0.3) is 0 Å². The van der Waals surface area contributed by atoms with Crippen molar-refractivity contribution in [2.75, 3.05) is 10.6 Å². The summed E-state index contributed by atoms with van der Waals surface area (Å²) in [4.78, 5) is 24.1. The monoisotopic (exact) mass is 321 g/mol. The van der Waals surface area contributed by atoms with Gasteiger partial charge in [-0.3, -0.25) is 9.59 Å². The molecule has 2 heterocycles. The highest BCUT2D eigenvalue weighted by molar-refractivity contribution is 5.98. The van der Waals surface area contributed by atoms with E-state index in [9.17, 15) is 9.59 Å². The Kier molecular flexibility index (Phi) is 3.78. The van der Waals surface area contributed by atoms with Gasteiger partial charge in [0.05, 0.1) is 6.04 Å². The summed E-state index contributed by atoms with van der Waals surface area (Å²) in [5.74, 6) is -0.0249. The first-order valence-electron chi connectivity index (χ1n) is 8.23. The molecule has 2 amide bonds. The first-order chi connectivity index (χ1) is 11.7. The highest BCUT2D eigenvalue weighted by atomic mass is 16.2. The number of carbonyl (C=O) groups excluding carboxylic acids is 2. The smallest absolute Gasteiger partial charge is 0.241 e. The minimum atomic E-state index is -0.245. The summed E-state index contributed by atoms with van der Waals surface area (Å²) in [5, 5.41) is 9.10. The molecule has 4 rings (SSSR count). The highest BCUT2D eigenvalue weighted by Gasteiger charge is 2.24. The number of nitrogens with one attached hydrogen (secondary N) is 3. The number of aryl methyl sites for hydroxylation is 1. The van der Waals surface area contributed by atoms with E-state index in [1.54, 1.807) is 0 Å². The molecular weight excluding hydrogens is 302 g/mol. The molecule has 0 spiro atoms. The lowest BCUT2D eigenvalue weighted by atomic mass is 9.95. The Morgan fingerprint density at radius 3 is 2.75 bits per heavy atom. The van der Waals surface area contributed by atoms with Crippen LogP contribution >= 0.6 is 0 Å². The zero-order valence-corrected chi connectivity index (χ0v) is 13.3. The van der Waals surface area contributed by atoms with Crippen LogP contribution < -0.4 is 16.0 Å². The van der Waals surface area contributed by atoms with Crippen LogP contribution in [0.2, 0.25) is 0 Å². The van der Waals surface area contributed by atoms with Gasteiger partial charge in [0.1, 0.15) is 0 Å². The van der Waals surface area contributed by atoms with Crippen molar-refractivity contribution in [2.24, 2.45) is 0 Å². The van der Waals surface area contributed by atoms with E-state index in [-0.39, 0.29) is 17.9 Å². The van der Waals surface area contributed by atoms with Crippen LogP contribution in [0.15, 0.2) is 42.5 Å². The molecule has 5 nitrogen and oxygen atoms in total. The van der Waals surface area contributed by atoms with E-state index in [4.69, 9.17) is 0 Å².